The Labute approximate surface area is 187 Å². The smallest absolute Gasteiger partial charge is 0.452 e. The van der Waals surface area contributed by atoms with Crippen LogP contribution in [0, 0.1) is 0 Å². The Hall–Kier alpha value is -3.16. The molecule has 33 heavy (non-hydrogen) atoms. The second kappa shape index (κ2) is 10.2. The maximum Gasteiger partial charge on any atom is 0.573 e. The number of amides is 1. The Morgan fingerprint density at radius 2 is 1.61 bits per heavy atom. The number of alkyl halides is 3. The highest BCUT2D eigenvalue weighted by Crippen LogP contribution is 2.23. The Balaban J connectivity index is 1.51. The van der Waals surface area contributed by atoms with Crippen LogP contribution < -0.4 is 10.1 Å². The fourth-order valence-corrected chi connectivity index (χ4v) is 4.26. The molecule has 13 heteroatoms. The van der Waals surface area contributed by atoms with E-state index in [4.69, 9.17) is 9.47 Å². The van der Waals surface area contributed by atoms with Gasteiger partial charge in [0, 0.05) is 18.8 Å². The van der Waals surface area contributed by atoms with Gasteiger partial charge in [0.05, 0.1) is 23.7 Å². The molecule has 0 radical (unpaired) electrons. The van der Waals surface area contributed by atoms with Gasteiger partial charge in [0.1, 0.15) is 5.75 Å². The zero-order valence-corrected chi connectivity index (χ0v) is 17.8. The van der Waals surface area contributed by atoms with E-state index in [1.165, 1.54) is 28.6 Å². The molecule has 1 amide bonds. The highest BCUT2D eigenvalue weighted by Gasteiger charge is 2.31. The van der Waals surface area contributed by atoms with Gasteiger partial charge in [0.15, 0.2) is 6.61 Å². The first-order chi connectivity index (χ1) is 15.5. The molecule has 0 atom stereocenters. The number of nitrogens with one attached hydrogen (secondary N) is 1. The molecule has 2 aromatic carbocycles. The molecule has 1 fully saturated rings. The molecule has 0 saturated carbocycles. The molecular weight excluding hydrogens is 469 g/mol. The molecule has 9 nitrogen and oxygen atoms in total. The number of halogens is 3. The lowest BCUT2D eigenvalue weighted by Gasteiger charge is -2.26. The first kappa shape index (κ1) is 24.5. The van der Waals surface area contributed by atoms with Crippen LogP contribution in [0.1, 0.15) is 10.4 Å². The van der Waals surface area contributed by atoms with Crippen LogP contribution in [0.5, 0.6) is 5.75 Å². The van der Waals surface area contributed by atoms with Crippen LogP contribution in [-0.4, -0.2) is 63.9 Å². The van der Waals surface area contributed by atoms with E-state index in [0.717, 1.165) is 24.3 Å². The van der Waals surface area contributed by atoms with Gasteiger partial charge in [-0.3, -0.25) is 4.79 Å². The van der Waals surface area contributed by atoms with Crippen molar-refractivity contribution < 1.29 is 45.4 Å². The topological polar surface area (TPSA) is 111 Å². The third-order valence-corrected chi connectivity index (χ3v) is 6.32. The number of sulfonamides is 1. The molecule has 2 aromatic rings. The van der Waals surface area contributed by atoms with Gasteiger partial charge < -0.3 is 19.5 Å². The standard InChI is InChI=1S/C20H19F3N2O7S/c21-20(22,23)32-16-5-1-14(2-6-16)19(27)31-13-18(26)24-15-3-7-17(8-4-15)33(28,29)25-9-11-30-12-10-25/h1-8H,9-13H2,(H,24,26). The summed E-state index contributed by atoms with van der Waals surface area (Å²) in [7, 11) is -3.67. The monoisotopic (exact) mass is 488 g/mol. The molecule has 1 N–H and O–H groups in total. The zero-order chi connectivity index (χ0) is 24.1. The second-order valence-electron chi connectivity index (χ2n) is 6.74. The third-order valence-electron chi connectivity index (χ3n) is 4.40. The van der Waals surface area contributed by atoms with E-state index >= 15 is 0 Å². The molecular formula is C20H19F3N2O7S. The number of anilines is 1. The van der Waals surface area contributed by atoms with Crippen molar-refractivity contribution in [1.29, 1.82) is 0 Å². The maximum atomic E-state index is 12.6. The molecule has 0 spiro atoms. The first-order valence-electron chi connectivity index (χ1n) is 9.55. The number of nitrogens with zero attached hydrogens (tertiary/aromatic N) is 1. The van der Waals surface area contributed by atoms with E-state index in [9.17, 15) is 31.2 Å². The van der Waals surface area contributed by atoms with Gasteiger partial charge in [0.2, 0.25) is 10.0 Å². The van der Waals surface area contributed by atoms with Crippen molar-refractivity contribution in [2.24, 2.45) is 0 Å². The van der Waals surface area contributed by atoms with Crippen molar-refractivity contribution in [2.45, 2.75) is 11.3 Å². The SMILES string of the molecule is O=C(COC(=O)c1ccc(OC(F)(F)F)cc1)Nc1ccc(S(=O)(=O)N2CCOCC2)cc1. The number of ether oxygens (including phenoxy) is 3. The molecule has 0 aliphatic carbocycles. The lowest BCUT2D eigenvalue weighted by molar-refractivity contribution is -0.274. The molecule has 1 heterocycles. The van der Waals surface area contributed by atoms with Crippen LogP contribution in [0.2, 0.25) is 0 Å². The van der Waals surface area contributed by atoms with E-state index < -0.39 is 40.6 Å². The molecule has 0 unspecified atom stereocenters. The van der Waals surface area contributed by atoms with E-state index in [-0.39, 0.29) is 29.2 Å². The fourth-order valence-electron chi connectivity index (χ4n) is 2.85. The van der Waals surface area contributed by atoms with Crippen LogP contribution >= 0.6 is 0 Å². The molecule has 1 saturated heterocycles. The summed E-state index contributed by atoms with van der Waals surface area (Å²) >= 11 is 0. The molecule has 178 valence electrons. The molecule has 0 aromatic heterocycles. The number of morpholine rings is 1. The van der Waals surface area contributed by atoms with E-state index in [2.05, 4.69) is 10.1 Å². The molecule has 1 aliphatic rings. The van der Waals surface area contributed by atoms with Crippen LogP contribution in [0.3, 0.4) is 0 Å². The summed E-state index contributed by atoms with van der Waals surface area (Å²) in [6.07, 6.45) is -4.86. The Morgan fingerprint density at radius 1 is 1.00 bits per heavy atom. The first-order valence-corrected chi connectivity index (χ1v) is 11.0. The summed E-state index contributed by atoms with van der Waals surface area (Å²) in [5.41, 5.74) is 0.209. The highest BCUT2D eigenvalue weighted by molar-refractivity contribution is 7.89. The van der Waals surface area contributed by atoms with E-state index in [1.54, 1.807) is 0 Å². The van der Waals surface area contributed by atoms with Gasteiger partial charge in [-0.15, -0.1) is 13.2 Å². The number of esters is 1. The number of carbonyl (C=O) groups excluding carboxylic acids is 2. The number of benzene rings is 2. The molecule has 1 aliphatic heterocycles. The summed E-state index contributed by atoms with van der Waals surface area (Å²) in [6, 6.07) is 9.49. The summed E-state index contributed by atoms with van der Waals surface area (Å²) < 4.78 is 76.6. The lowest BCUT2D eigenvalue weighted by Crippen LogP contribution is -2.40. The summed E-state index contributed by atoms with van der Waals surface area (Å²) in [5.74, 6) is -2.12. The van der Waals surface area contributed by atoms with Crippen LogP contribution in [0.15, 0.2) is 53.4 Å². The van der Waals surface area contributed by atoms with Crippen LogP contribution in [0.4, 0.5) is 18.9 Å². The average Bonchev–Trinajstić information content (AvgIpc) is 2.78. The normalized spacial score (nSPS) is 15.0. The quantitative estimate of drug-likeness (QED) is 0.596. The number of rotatable bonds is 7. The Bertz CT molecular complexity index is 1080. The summed E-state index contributed by atoms with van der Waals surface area (Å²) in [4.78, 5) is 24.0. The largest absolute Gasteiger partial charge is 0.573 e. The van der Waals surface area contributed by atoms with Crippen LogP contribution in [0.25, 0.3) is 0 Å². The third kappa shape index (κ3) is 6.91. The van der Waals surface area contributed by atoms with Crippen molar-refractivity contribution in [3.8, 4) is 5.75 Å². The average molecular weight is 488 g/mol. The molecule has 3 rings (SSSR count). The van der Waals surface area contributed by atoms with Crippen molar-refractivity contribution in [3.05, 3.63) is 54.1 Å². The highest BCUT2D eigenvalue weighted by atomic mass is 32.2. The van der Waals surface area contributed by atoms with Gasteiger partial charge in [-0.05, 0) is 48.5 Å². The summed E-state index contributed by atoms with van der Waals surface area (Å²) in [6.45, 7) is 0.483. The van der Waals surface area contributed by atoms with Gasteiger partial charge in [0.25, 0.3) is 5.91 Å². The van der Waals surface area contributed by atoms with Gasteiger partial charge >= 0.3 is 12.3 Å². The van der Waals surface area contributed by atoms with E-state index in [1.807, 2.05) is 0 Å². The Kier molecular flexibility index (Phi) is 7.56. The van der Waals surface area contributed by atoms with Crippen molar-refractivity contribution in [2.75, 3.05) is 38.2 Å². The summed E-state index contributed by atoms with van der Waals surface area (Å²) in [5, 5.41) is 2.45. The predicted molar refractivity (Wildman–Crippen MR) is 108 cm³/mol. The number of hydrogen-bond acceptors (Lipinski definition) is 7. The minimum Gasteiger partial charge on any atom is -0.452 e. The van der Waals surface area contributed by atoms with Gasteiger partial charge in [-0.25, -0.2) is 13.2 Å². The lowest BCUT2D eigenvalue weighted by atomic mass is 10.2. The number of hydrogen-bond donors (Lipinski definition) is 1. The minimum atomic E-state index is -4.86. The van der Waals surface area contributed by atoms with E-state index in [0.29, 0.717) is 13.2 Å². The van der Waals surface area contributed by atoms with Crippen LogP contribution in [-0.2, 0) is 24.3 Å². The van der Waals surface area contributed by atoms with Crippen molar-refractivity contribution >= 4 is 27.6 Å². The Morgan fingerprint density at radius 3 is 2.18 bits per heavy atom. The minimum absolute atomic E-state index is 0.0618. The predicted octanol–water partition coefficient (Wildman–Crippen LogP) is 2.40. The fraction of sp³-hybridized carbons (Fsp3) is 0.300. The zero-order valence-electron chi connectivity index (χ0n) is 17.0. The molecule has 0 bridgehead atoms. The van der Waals surface area contributed by atoms with Crippen molar-refractivity contribution in [1.82, 2.24) is 4.31 Å². The maximum absolute atomic E-state index is 12.6. The van der Waals surface area contributed by atoms with Gasteiger partial charge in [-0.1, -0.05) is 0 Å². The van der Waals surface area contributed by atoms with Gasteiger partial charge in [-0.2, -0.15) is 4.31 Å². The second-order valence-corrected chi connectivity index (χ2v) is 8.68. The number of carbonyl (C=O) groups is 2. The van der Waals surface area contributed by atoms with Crippen molar-refractivity contribution in [3.63, 3.8) is 0 Å².